The highest BCUT2D eigenvalue weighted by Crippen LogP contribution is 2.33. The maximum absolute atomic E-state index is 14.6. The quantitative estimate of drug-likeness (QED) is 0.204. The van der Waals surface area contributed by atoms with E-state index < -0.39 is 58.2 Å². The Morgan fingerprint density at radius 3 is 2.03 bits per heavy atom. The fourth-order valence-corrected chi connectivity index (χ4v) is 4.19. The molecule has 1 saturated heterocycles. The molecule has 192 valence electrons. The highest BCUT2D eigenvalue weighted by atomic mass is 19.2. The van der Waals surface area contributed by atoms with Gasteiger partial charge in [-0.15, -0.1) is 0 Å². The Morgan fingerprint density at radius 2 is 1.38 bits per heavy atom. The number of hydrogen-bond donors (Lipinski definition) is 0. The molecule has 0 saturated carbocycles. The number of benzene rings is 4. The molecule has 1 aliphatic rings. The van der Waals surface area contributed by atoms with Crippen LogP contribution in [0.5, 0.6) is 5.75 Å². The van der Waals surface area contributed by atoms with E-state index in [0.29, 0.717) is 17.2 Å². The van der Waals surface area contributed by atoms with Crippen molar-refractivity contribution in [1.82, 2.24) is 0 Å². The second-order valence-electron chi connectivity index (χ2n) is 8.90. The number of hydrogen-bond acceptors (Lipinski definition) is 3. The molecule has 0 unspecified atom stereocenters. The van der Waals surface area contributed by atoms with Crippen LogP contribution in [0.1, 0.15) is 17.4 Å². The third-order valence-corrected chi connectivity index (χ3v) is 6.13. The molecule has 0 aliphatic carbocycles. The Balaban J connectivity index is 1.24. The lowest BCUT2D eigenvalue weighted by molar-refractivity contribution is -0.208. The maximum atomic E-state index is 14.6. The smallest absolute Gasteiger partial charge is 0.195 e. The van der Waals surface area contributed by atoms with Gasteiger partial charge in [0.05, 0.1) is 25.2 Å². The van der Waals surface area contributed by atoms with Gasteiger partial charge in [-0.05, 0) is 53.8 Å². The first kappa shape index (κ1) is 25.1. The molecule has 0 aromatic heterocycles. The van der Waals surface area contributed by atoms with Gasteiger partial charge in [-0.3, -0.25) is 0 Å². The van der Waals surface area contributed by atoms with Crippen LogP contribution in [0, 0.1) is 47.7 Å². The molecule has 0 atom stereocenters. The van der Waals surface area contributed by atoms with E-state index in [4.69, 9.17) is 14.2 Å². The van der Waals surface area contributed by atoms with Gasteiger partial charge < -0.3 is 14.2 Å². The first-order valence-electron chi connectivity index (χ1n) is 11.4. The minimum atomic E-state index is -1.76. The molecule has 0 N–H and O–H groups in total. The number of halogens is 6. The van der Waals surface area contributed by atoms with Gasteiger partial charge in [-0.2, -0.15) is 0 Å². The van der Waals surface area contributed by atoms with Crippen LogP contribution in [0.4, 0.5) is 26.3 Å². The molecule has 1 aliphatic heterocycles. The zero-order valence-corrected chi connectivity index (χ0v) is 19.5. The van der Waals surface area contributed by atoms with Crippen LogP contribution in [0.3, 0.4) is 0 Å². The highest BCUT2D eigenvalue weighted by Gasteiger charge is 2.27. The van der Waals surface area contributed by atoms with Crippen LogP contribution < -0.4 is 4.74 Å². The van der Waals surface area contributed by atoms with Gasteiger partial charge in [0.1, 0.15) is 5.82 Å². The maximum Gasteiger partial charge on any atom is 0.195 e. The third kappa shape index (κ3) is 5.01. The monoisotopic (exact) mass is 518 g/mol. The molecule has 37 heavy (non-hydrogen) atoms. The fourth-order valence-electron chi connectivity index (χ4n) is 4.19. The van der Waals surface area contributed by atoms with Crippen LogP contribution in [-0.2, 0) is 9.47 Å². The van der Waals surface area contributed by atoms with E-state index in [1.807, 2.05) is 19.1 Å². The Kier molecular flexibility index (Phi) is 6.83. The van der Waals surface area contributed by atoms with Crippen molar-refractivity contribution in [3.05, 3.63) is 101 Å². The van der Waals surface area contributed by atoms with Gasteiger partial charge in [-0.25, -0.2) is 26.3 Å². The average Bonchev–Trinajstić information content (AvgIpc) is 2.87. The van der Waals surface area contributed by atoms with Crippen molar-refractivity contribution in [2.45, 2.75) is 13.2 Å². The molecular weight excluding hydrogens is 498 g/mol. The van der Waals surface area contributed by atoms with Gasteiger partial charge in [0.25, 0.3) is 0 Å². The Labute approximate surface area is 208 Å². The lowest BCUT2D eigenvalue weighted by Gasteiger charge is -2.29. The standard InChI is InChI=1S/C28H20F6O3/c1-14-2-4-16(5-3-14)17-7-22(31)27(23(32)8-17)35-11-15-12-36-28(37-13-15)19-6-18-9-21(30)25(33)26(34)24(18)20(29)10-19/h2-10,15,28H,11-13H2,1H3. The number of ether oxygens (including phenoxy) is 3. The summed E-state index contributed by atoms with van der Waals surface area (Å²) in [5.41, 5.74) is 2.20. The predicted octanol–water partition coefficient (Wildman–Crippen LogP) is 7.39. The number of aryl methyl sites for hydroxylation is 1. The summed E-state index contributed by atoms with van der Waals surface area (Å²) in [4.78, 5) is 0. The van der Waals surface area contributed by atoms with E-state index in [-0.39, 0.29) is 30.8 Å². The lowest BCUT2D eigenvalue weighted by Crippen LogP contribution is -2.31. The Morgan fingerprint density at radius 1 is 0.730 bits per heavy atom. The van der Waals surface area contributed by atoms with E-state index in [1.165, 1.54) is 18.2 Å². The van der Waals surface area contributed by atoms with Crippen molar-refractivity contribution in [3.63, 3.8) is 0 Å². The van der Waals surface area contributed by atoms with Crippen molar-refractivity contribution in [2.75, 3.05) is 19.8 Å². The Bertz CT molecular complexity index is 1440. The molecule has 0 spiro atoms. The van der Waals surface area contributed by atoms with E-state index in [9.17, 15) is 26.3 Å². The molecule has 4 aromatic rings. The minimum Gasteiger partial charge on any atom is -0.487 e. The molecule has 0 radical (unpaired) electrons. The summed E-state index contributed by atoms with van der Waals surface area (Å²) >= 11 is 0. The summed E-state index contributed by atoms with van der Waals surface area (Å²) in [7, 11) is 0. The van der Waals surface area contributed by atoms with Crippen molar-refractivity contribution in [1.29, 1.82) is 0 Å². The van der Waals surface area contributed by atoms with Crippen LogP contribution in [-0.4, -0.2) is 19.8 Å². The van der Waals surface area contributed by atoms with Gasteiger partial charge in [-0.1, -0.05) is 29.8 Å². The van der Waals surface area contributed by atoms with Crippen LogP contribution in [0.15, 0.2) is 54.6 Å². The van der Waals surface area contributed by atoms with Crippen LogP contribution >= 0.6 is 0 Å². The summed E-state index contributed by atoms with van der Waals surface area (Å²) in [6.45, 7) is 1.88. The molecule has 3 nitrogen and oxygen atoms in total. The third-order valence-electron chi connectivity index (χ3n) is 6.13. The number of rotatable bonds is 5. The van der Waals surface area contributed by atoms with Gasteiger partial charge in [0.15, 0.2) is 41.1 Å². The van der Waals surface area contributed by atoms with Gasteiger partial charge in [0, 0.05) is 11.5 Å². The molecule has 0 bridgehead atoms. The van der Waals surface area contributed by atoms with E-state index in [0.717, 1.165) is 11.6 Å². The second kappa shape index (κ2) is 10.1. The number of fused-ring (bicyclic) bond motifs is 1. The molecule has 0 amide bonds. The summed E-state index contributed by atoms with van der Waals surface area (Å²) in [5, 5.41) is -0.869. The average molecular weight is 518 g/mol. The SMILES string of the molecule is Cc1ccc(-c2cc(F)c(OCC3COC(c4cc(F)c5c(F)c(F)c(F)cc5c4)OC3)c(F)c2)cc1. The summed E-state index contributed by atoms with van der Waals surface area (Å²) in [6, 6.07) is 12.5. The second-order valence-corrected chi connectivity index (χ2v) is 8.90. The summed E-state index contributed by atoms with van der Waals surface area (Å²) in [5.74, 6) is -8.55. The van der Waals surface area contributed by atoms with E-state index in [1.54, 1.807) is 12.1 Å². The summed E-state index contributed by atoms with van der Waals surface area (Å²) < 4.78 is 101. The highest BCUT2D eigenvalue weighted by molar-refractivity contribution is 5.84. The van der Waals surface area contributed by atoms with Crippen molar-refractivity contribution >= 4 is 10.8 Å². The van der Waals surface area contributed by atoms with Crippen molar-refractivity contribution in [2.24, 2.45) is 5.92 Å². The fraction of sp³-hybridized carbons (Fsp3) is 0.214. The zero-order valence-electron chi connectivity index (χ0n) is 19.5. The van der Waals surface area contributed by atoms with Crippen LogP contribution in [0.2, 0.25) is 0 Å². The predicted molar refractivity (Wildman–Crippen MR) is 124 cm³/mol. The largest absolute Gasteiger partial charge is 0.487 e. The Hall–Kier alpha value is -3.56. The van der Waals surface area contributed by atoms with E-state index >= 15 is 0 Å². The van der Waals surface area contributed by atoms with Crippen molar-refractivity contribution in [3.8, 4) is 16.9 Å². The zero-order chi connectivity index (χ0) is 26.3. The van der Waals surface area contributed by atoms with Crippen LogP contribution in [0.25, 0.3) is 21.9 Å². The lowest BCUT2D eigenvalue weighted by atomic mass is 10.0. The molecule has 4 aromatic carbocycles. The molecule has 1 heterocycles. The first-order chi connectivity index (χ1) is 17.7. The van der Waals surface area contributed by atoms with E-state index in [2.05, 4.69) is 0 Å². The summed E-state index contributed by atoms with van der Waals surface area (Å²) in [6.07, 6.45) is -1.06. The first-order valence-corrected chi connectivity index (χ1v) is 11.4. The van der Waals surface area contributed by atoms with Crippen molar-refractivity contribution < 1.29 is 40.6 Å². The molecular formula is C28H20F6O3. The minimum absolute atomic E-state index is 0.0428. The molecule has 5 rings (SSSR count). The topological polar surface area (TPSA) is 27.7 Å². The molecule has 9 heteroatoms. The van der Waals surface area contributed by atoms with Gasteiger partial charge in [0.2, 0.25) is 0 Å². The normalized spacial score (nSPS) is 17.8. The molecule has 1 fully saturated rings. The van der Waals surface area contributed by atoms with Gasteiger partial charge >= 0.3 is 0 Å².